The van der Waals surface area contributed by atoms with Gasteiger partial charge in [-0.1, -0.05) is 60.7 Å². The number of nitrogens with one attached hydrogen (secondary N) is 1. The lowest BCUT2D eigenvalue weighted by Gasteiger charge is -2.23. The smallest absolute Gasteiger partial charge is 0.267 e. The molecule has 35 heavy (non-hydrogen) atoms. The highest BCUT2D eigenvalue weighted by molar-refractivity contribution is 7.93. The molecule has 1 N–H and O–H groups in total. The Labute approximate surface area is 218 Å². The van der Waals surface area contributed by atoms with Crippen LogP contribution in [0.3, 0.4) is 0 Å². The normalized spacial score (nSPS) is 14.9. The molecule has 6 nitrogen and oxygen atoms in total. The molecule has 1 heterocycles. The second-order valence-electron chi connectivity index (χ2n) is 9.30. The van der Waals surface area contributed by atoms with Crippen molar-refractivity contribution in [3.05, 3.63) is 63.4 Å². The monoisotopic (exact) mass is 534 g/mol. The van der Waals surface area contributed by atoms with Crippen molar-refractivity contribution in [2.75, 3.05) is 11.4 Å². The molecule has 0 spiro atoms. The van der Waals surface area contributed by atoms with Crippen LogP contribution in [0, 0.1) is 13.8 Å². The van der Waals surface area contributed by atoms with Gasteiger partial charge in [0.15, 0.2) is 0 Å². The molecule has 0 bridgehead atoms. The molecule has 1 aliphatic rings. The van der Waals surface area contributed by atoms with Gasteiger partial charge in [0, 0.05) is 26.7 Å². The summed E-state index contributed by atoms with van der Waals surface area (Å²) in [5, 5.41) is 8.17. The van der Waals surface area contributed by atoms with Crippen molar-refractivity contribution < 1.29 is 8.42 Å². The van der Waals surface area contributed by atoms with E-state index in [9.17, 15) is 8.42 Å². The van der Waals surface area contributed by atoms with Crippen molar-refractivity contribution in [2.45, 2.75) is 63.4 Å². The number of hydrogen-bond donors (Lipinski definition) is 1. The van der Waals surface area contributed by atoms with Crippen LogP contribution >= 0.6 is 23.2 Å². The predicted octanol–water partition coefficient (Wildman–Crippen LogP) is 6.26. The summed E-state index contributed by atoms with van der Waals surface area (Å²) < 4.78 is 29.9. The lowest BCUT2D eigenvalue weighted by atomic mass is 9.95. The molecule has 0 atom stereocenters. The fourth-order valence-corrected chi connectivity index (χ4v) is 7.34. The van der Waals surface area contributed by atoms with Crippen molar-refractivity contribution in [3.63, 3.8) is 0 Å². The van der Waals surface area contributed by atoms with Crippen LogP contribution in [0.2, 0.25) is 10.0 Å². The van der Waals surface area contributed by atoms with Crippen LogP contribution in [0.5, 0.6) is 0 Å². The number of nitrogens with zero attached hydrogens (tertiary/aromatic N) is 3. The number of hydrogen-bond acceptors (Lipinski definition) is 4. The van der Waals surface area contributed by atoms with Gasteiger partial charge in [-0.25, -0.2) is 8.42 Å². The van der Waals surface area contributed by atoms with Gasteiger partial charge >= 0.3 is 0 Å². The maximum atomic E-state index is 13.5. The molecule has 1 saturated carbocycles. The highest BCUT2D eigenvalue weighted by atomic mass is 35.5. The number of sulfonamides is 1. The predicted molar refractivity (Wildman–Crippen MR) is 144 cm³/mol. The molecule has 1 fully saturated rings. The molecule has 3 aromatic rings. The molecule has 0 unspecified atom stereocenters. The molecule has 188 valence electrons. The second-order valence-corrected chi connectivity index (χ2v) is 12.0. The first kappa shape index (κ1) is 26.0. The minimum atomic E-state index is -4.01. The number of benzene rings is 2. The summed E-state index contributed by atoms with van der Waals surface area (Å²) in [7, 11) is -0.734. The molecule has 0 aliphatic heterocycles. The van der Waals surface area contributed by atoms with Crippen LogP contribution in [-0.2, 0) is 23.6 Å². The van der Waals surface area contributed by atoms with Gasteiger partial charge in [0.1, 0.15) is 4.90 Å². The molecule has 0 radical (unpaired) electrons. The fourth-order valence-electron chi connectivity index (χ4n) is 4.88. The van der Waals surface area contributed by atoms with Gasteiger partial charge in [-0.05, 0) is 61.6 Å². The van der Waals surface area contributed by atoms with Crippen molar-refractivity contribution >= 4 is 38.9 Å². The molecular formula is C26H32Cl2N4O2S. The highest BCUT2D eigenvalue weighted by Crippen LogP contribution is 2.38. The van der Waals surface area contributed by atoms with E-state index in [1.807, 2.05) is 19.1 Å². The Hall–Kier alpha value is -2.06. The molecule has 1 aromatic heterocycles. The standard InChI is InChI=1S/C26H32Cl2N4O2S/c1-17-25(18(2)31(3)30-17)32(4)35(33,34)26-23(27)14-21(15-24(26)28)20-10-8-9-19(13-20)16-29-22-11-6-5-7-12-22/h8-10,13-15,22,29H,5-7,11-12,16H2,1-4H3. The number of rotatable bonds is 7. The number of anilines is 1. The summed E-state index contributed by atoms with van der Waals surface area (Å²) in [4.78, 5) is -0.107. The van der Waals surface area contributed by atoms with Gasteiger partial charge in [0.25, 0.3) is 10.0 Å². The summed E-state index contributed by atoms with van der Waals surface area (Å²) >= 11 is 13.1. The summed E-state index contributed by atoms with van der Waals surface area (Å²) in [6.07, 6.45) is 6.37. The van der Waals surface area contributed by atoms with Crippen LogP contribution < -0.4 is 9.62 Å². The largest absolute Gasteiger partial charge is 0.310 e. The minimum Gasteiger partial charge on any atom is -0.310 e. The van der Waals surface area contributed by atoms with Crippen LogP contribution in [-0.4, -0.2) is 31.3 Å². The van der Waals surface area contributed by atoms with Crippen LogP contribution in [0.15, 0.2) is 41.3 Å². The summed E-state index contributed by atoms with van der Waals surface area (Å²) in [6, 6.07) is 12.1. The summed E-state index contributed by atoms with van der Waals surface area (Å²) in [5.41, 5.74) is 4.73. The minimum absolute atomic E-state index is 0.0873. The van der Waals surface area contributed by atoms with Crippen molar-refractivity contribution in [1.82, 2.24) is 15.1 Å². The molecule has 1 aliphatic carbocycles. The average Bonchev–Trinajstić information content (AvgIpc) is 3.08. The van der Waals surface area contributed by atoms with Crippen molar-refractivity contribution in [1.29, 1.82) is 0 Å². The second kappa shape index (κ2) is 10.5. The van der Waals surface area contributed by atoms with Gasteiger partial charge < -0.3 is 5.32 Å². The van der Waals surface area contributed by atoms with Crippen LogP contribution in [0.1, 0.15) is 49.1 Å². The first-order chi connectivity index (χ1) is 16.6. The average molecular weight is 536 g/mol. The van der Waals surface area contributed by atoms with E-state index in [4.69, 9.17) is 23.2 Å². The molecule has 2 aromatic carbocycles. The van der Waals surface area contributed by atoms with E-state index in [1.54, 1.807) is 30.8 Å². The van der Waals surface area contributed by atoms with Gasteiger partial charge in [-0.2, -0.15) is 5.10 Å². The van der Waals surface area contributed by atoms with Gasteiger partial charge in [-0.15, -0.1) is 0 Å². The zero-order valence-corrected chi connectivity index (χ0v) is 22.9. The lowest BCUT2D eigenvalue weighted by molar-refractivity contribution is 0.372. The van der Waals surface area contributed by atoms with E-state index in [0.717, 1.165) is 23.4 Å². The Morgan fingerprint density at radius 2 is 1.71 bits per heavy atom. The summed E-state index contributed by atoms with van der Waals surface area (Å²) in [6.45, 7) is 4.39. The van der Waals surface area contributed by atoms with E-state index >= 15 is 0 Å². The lowest BCUT2D eigenvalue weighted by Crippen LogP contribution is -2.30. The Morgan fingerprint density at radius 3 is 2.31 bits per heavy atom. The quantitative estimate of drug-likeness (QED) is 0.388. The topological polar surface area (TPSA) is 67.2 Å². The van der Waals surface area contributed by atoms with Crippen molar-refractivity contribution in [2.24, 2.45) is 7.05 Å². The molecule has 0 amide bonds. The van der Waals surface area contributed by atoms with E-state index in [0.29, 0.717) is 17.4 Å². The zero-order chi connectivity index (χ0) is 25.3. The molecule has 4 rings (SSSR count). The third-order valence-corrected chi connectivity index (χ3v) is 9.54. The zero-order valence-electron chi connectivity index (χ0n) is 20.6. The summed E-state index contributed by atoms with van der Waals surface area (Å²) in [5.74, 6) is 0. The molecule has 9 heteroatoms. The number of halogens is 2. The Morgan fingerprint density at radius 1 is 1.06 bits per heavy atom. The van der Waals surface area contributed by atoms with E-state index in [1.165, 1.54) is 49.0 Å². The first-order valence-corrected chi connectivity index (χ1v) is 14.1. The molecular weight excluding hydrogens is 503 g/mol. The first-order valence-electron chi connectivity index (χ1n) is 11.9. The van der Waals surface area contributed by atoms with E-state index in [-0.39, 0.29) is 14.9 Å². The van der Waals surface area contributed by atoms with E-state index in [2.05, 4.69) is 22.5 Å². The van der Waals surface area contributed by atoms with E-state index < -0.39 is 10.0 Å². The van der Waals surface area contributed by atoms with Gasteiger partial charge in [-0.3, -0.25) is 8.99 Å². The van der Waals surface area contributed by atoms with Gasteiger partial charge in [0.05, 0.1) is 27.1 Å². The number of aryl methyl sites for hydroxylation is 2. The SMILES string of the molecule is Cc1nn(C)c(C)c1N(C)S(=O)(=O)c1c(Cl)cc(-c2cccc(CNC3CCCCC3)c2)cc1Cl. The van der Waals surface area contributed by atoms with Crippen molar-refractivity contribution in [3.8, 4) is 11.1 Å². The number of aromatic nitrogens is 2. The maximum absolute atomic E-state index is 13.5. The Kier molecular flexibility index (Phi) is 7.81. The third kappa shape index (κ3) is 5.38. The third-order valence-electron chi connectivity index (χ3n) is 6.86. The Bertz CT molecular complexity index is 1310. The highest BCUT2D eigenvalue weighted by Gasteiger charge is 2.30. The maximum Gasteiger partial charge on any atom is 0.267 e. The fraction of sp³-hybridized carbons (Fsp3) is 0.423. The Balaban J connectivity index is 1.61. The molecule has 0 saturated heterocycles. The van der Waals surface area contributed by atoms with Gasteiger partial charge in [0.2, 0.25) is 0 Å². The van der Waals surface area contributed by atoms with Crippen LogP contribution in [0.25, 0.3) is 11.1 Å². The van der Waals surface area contributed by atoms with Crippen LogP contribution in [0.4, 0.5) is 5.69 Å².